The zero-order chi connectivity index (χ0) is 11.4. The number of carbonyl (C=O) groups excluding carboxylic acids is 1. The first-order chi connectivity index (χ1) is 6.99. The normalized spacial score (nSPS) is 10.1. The highest BCUT2D eigenvalue weighted by Crippen LogP contribution is 2.22. The average Bonchev–Trinajstić information content (AvgIpc) is 2.10. The van der Waals surface area contributed by atoms with E-state index in [0.717, 1.165) is 4.47 Å². The van der Waals surface area contributed by atoms with Crippen LogP contribution in [0.3, 0.4) is 0 Å². The van der Waals surface area contributed by atoms with Crippen LogP contribution < -0.4 is 16.4 Å². The molecule has 0 saturated carbocycles. The van der Waals surface area contributed by atoms with E-state index < -0.39 is 0 Å². The monoisotopic (exact) mass is 271 g/mol. The minimum absolute atomic E-state index is 0.113. The number of rotatable bonds is 2. The molecule has 0 bridgehead atoms. The van der Waals surface area contributed by atoms with Crippen molar-refractivity contribution in [2.24, 2.45) is 0 Å². The van der Waals surface area contributed by atoms with Crippen molar-refractivity contribution >= 4 is 33.3 Å². The molecule has 1 aromatic carbocycles. The number of nitrogens with two attached hydrogens (primary N) is 1. The van der Waals surface area contributed by atoms with Crippen molar-refractivity contribution in [2.45, 2.75) is 19.9 Å². The zero-order valence-corrected chi connectivity index (χ0v) is 10.3. The highest BCUT2D eigenvalue weighted by atomic mass is 79.9. The summed E-state index contributed by atoms with van der Waals surface area (Å²) in [6.45, 7) is 3.80. The van der Waals surface area contributed by atoms with Gasteiger partial charge in [-0.1, -0.05) is 0 Å². The predicted molar refractivity (Wildman–Crippen MR) is 65.8 cm³/mol. The van der Waals surface area contributed by atoms with Crippen LogP contribution in [-0.2, 0) is 0 Å². The van der Waals surface area contributed by atoms with Crippen molar-refractivity contribution in [1.29, 1.82) is 0 Å². The molecule has 2 amide bonds. The summed E-state index contributed by atoms with van der Waals surface area (Å²) in [7, 11) is 0. The molecule has 4 nitrogen and oxygen atoms in total. The van der Waals surface area contributed by atoms with Crippen LogP contribution >= 0.6 is 15.9 Å². The number of benzene rings is 1. The van der Waals surface area contributed by atoms with Crippen LogP contribution in [0.2, 0.25) is 0 Å². The van der Waals surface area contributed by atoms with Gasteiger partial charge in [0.25, 0.3) is 0 Å². The minimum Gasteiger partial charge on any atom is -0.398 e. The van der Waals surface area contributed by atoms with E-state index in [0.29, 0.717) is 11.4 Å². The van der Waals surface area contributed by atoms with Crippen LogP contribution in [-0.4, -0.2) is 12.1 Å². The van der Waals surface area contributed by atoms with E-state index in [1.807, 2.05) is 13.8 Å². The Hall–Kier alpha value is -1.23. The predicted octanol–water partition coefficient (Wildman–Crippen LogP) is 2.56. The van der Waals surface area contributed by atoms with Crippen molar-refractivity contribution < 1.29 is 4.79 Å². The summed E-state index contributed by atoms with van der Waals surface area (Å²) < 4.78 is 0.768. The summed E-state index contributed by atoms with van der Waals surface area (Å²) in [5.41, 5.74) is 6.97. The number of urea groups is 1. The minimum atomic E-state index is -0.221. The zero-order valence-electron chi connectivity index (χ0n) is 8.67. The van der Waals surface area contributed by atoms with Gasteiger partial charge in [-0.2, -0.15) is 0 Å². The maximum absolute atomic E-state index is 11.4. The van der Waals surface area contributed by atoms with Gasteiger partial charge in [0.1, 0.15) is 0 Å². The van der Waals surface area contributed by atoms with E-state index in [9.17, 15) is 4.79 Å². The van der Waals surface area contributed by atoms with Gasteiger partial charge in [0.15, 0.2) is 0 Å². The maximum Gasteiger partial charge on any atom is 0.319 e. The first-order valence-electron chi connectivity index (χ1n) is 4.61. The van der Waals surface area contributed by atoms with E-state index in [2.05, 4.69) is 26.6 Å². The first-order valence-corrected chi connectivity index (χ1v) is 5.41. The number of halogens is 1. The molecule has 0 spiro atoms. The fourth-order valence-electron chi connectivity index (χ4n) is 1.03. The third-order valence-corrected chi connectivity index (χ3v) is 2.36. The van der Waals surface area contributed by atoms with Gasteiger partial charge in [-0.3, -0.25) is 0 Å². The van der Waals surface area contributed by atoms with E-state index in [4.69, 9.17) is 5.73 Å². The summed E-state index contributed by atoms with van der Waals surface area (Å²) in [5.74, 6) is 0. The van der Waals surface area contributed by atoms with Crippen molar-refractivity contribution in [3.63, 3.8) is 0 Å². The molecule has 0 atom stereocenters. The standard InChI is InChI=1S/C10H14BrN3O/c1-6(2)13-10(15)14-7-3-4-9(12)8(11)5-7/h3-6H,12H2,1-2H3,(H2,13,14,15). The van der Waals surface area contributed by atoms with Crippen LogP contribution in [0, 0.1) is 0 Å². The van der Waals surface area contributed by atoms with E-state index in [1.165, 1.54) is 0 Å². The van der Waals surface area contributed by atoms with Crippen molar-refractivity contribution in [1.82, 2.24) is 5.32 Å². The lowest BCUT2D eigenvalue weighted by molar-refractivity contribution is 0.250. The SMILES string of the molecule is CC(C)NC(=O)Nc1ccc(N)c(Br)c1. The van der Waals surface area contributed by atoms with E-state index >= 15 is 0 Å². The van der Waals surface area contributed by atoms with Gasteiger partial charge in [-0.25, -0.2) is 4.79 Å². The number of hydrogen-bond acceptors (Lipinski definition) is 2. The second kappa shape index (κ2) is 5.02. The van der Waals surface area contributed by atoms with Crippen LogP contribution in [0.4, 0.5) is 16.2 Å². The quantitative estimate of drug-likeness (QED) is 0.724. The van der Waals surface area contributed by atoms with Gasteiger partial charge in [0, 0.05) is 21.9 Å². The van der Waals surface area contributed by atoms with Gasteiger partial charge in [0.05, 0.1) is 0 Å². The Morgan fingerprint density at radius 1 is 1.47 bits per heavy atom. The van der Waals surface area contributed by atoms with Gasteiger partial charge in [0.2, 0.25) is 0 Å². The third-order valence-electron chi connectivity index (χ3n) is 1.68. The molecule has 0 aliphatic carbocycles. The summed E-state index contributed by atoms with van der Waals surface area (Å²) in [4.78, 5) is 11.4. The molecule has 0 saturated heterocycles. The summed E-state index contributed by atoms with van der Waals surface area (Å²) >= 11 is 3.29. The topological polar surface area (TPSA) is 67.2 Å². The third kappa shape index (κ3) is 3.79. The van der Waals surface area contributed by atoms with Crippen LogP contribution in [0.15, 0.2) is 22.7 Å². The van der Waals surface area contributed by atoms with Crippen molar-refractivity contribution in [3.05, 3.63) is 22.7 Å². The molecule has 4 N–H and O–H groups in total. The Kier molecular flexibility index (Phi) is 3.96. The number of carbonyl (C=O) groups is 1. The van der Waals surface area contributed by atoms with Gasteiger partial charge in [-0.05, 0) is 48.0 Å². The Labute approximate surface area is 97.4 Å². The smallest absolute Gasteiger partial charge is 0.319 e. The van der Waals surface area contributed by atoms with Crippen LogP contribution in [0.5, 0.6) is 0 Å². The molecule has 1 aromatic rings. The lowest BCUT2D eigenvalue weighted by atomic mass is 10.3. The number of hydrogen-bond donors (Lipinski definition) is 3. The van der Waals surface area contributed by atoms with Gasteiger partial charge in [-0.15, -0.1) is 0 Å². The molecule has 0 aromatic heterocycles. The largest absolute Gasteiger partial charge is 0.398 e. The molecule has 5 heteroatoms. The maximum atomic E-state index is 11.4. The second-order valence-corrected chi connectivity index (χ2v) is 4.34. The molecular formula is C10H14BrN3O. The number of anilines is 2. The number of nitrogen functional groups attached to an aromatic ring is 1. The molecule has 15 heavy (non-hydrogen) atoms. The summed E-state index contributed by atoms with van der Waals surface area (Å²) in [5, 5.41) is 5.43. The molecule has 0 fully saturated rings. The Morgan fingerprint density at radius 3 is 2.67 bits per heavy atom. The lowest BCUT2D eigenvalue weighted by Gasteiger charge is -2.10. The summed E-state index contributed by atoms with van der Waals surface area (Å²) in [6.07, 6.45) is 0. The molecule has 0 radical (unpaired) electrons. The van der Waals surface area contributed by atoms with Gasteiger partial charge < -0.3 is 16.4 Å². The fourth-order valence-corrected chi connectivity index (χ4v) is 1.41. The van der Waals surface area contributed by atoms with Crippen LogP contribution in [0.1, 0.15) is 13.8 Å². The van der Waals surface area contributed by atoms with E-state index in [-0.39, 0.29) is 12.1 Å². The highest BCUT2D eigenvalue weighted by molar-refractivity contribution is 9.10. The van der Waals surface area contributed by atoms with Crippen LogP contribution in [0.25, 0.3) is 0 Å². The van der Waals surface area contributed by atoms with Gasteiger partial charge >= 0.3 is 6.03 Å². The number of nitrogens with one attached hydrogen (secondary N) is 2. The molecular weight excluding hydrogens is 258 g/mol. The molecule has 0 heterocycles. The Morgan fingerprint density at radius 2 is 2.13 bits per heavy atom. The molecule has 0 aliphatic heterocycles. The highest BCUT2D eigenvalue weighted by Gasteiger charge is 2.04. The lowest BCUT2D eigenvalue weighted by Crippen LogP contribution is -2.34. The molecule has 1 rings (SSSR count). The summed E-state index contributed by atoms with van der Waals surface area (Å²) in [6, 6.07) is 5.13. The average molecular weight is 272 g/mol. The Bertz CT molecular complexity index is 366. The molecule has 0 unspecified atom stereocenters. The molecule has 82 valence electrons. The Balaban J connectivity index is 2.65. The number of amides is 2. The van der Waals surface area contributed by atoms with Crippen molar-refractivity contribution in [2.75, 3.05) is 11.1 Å². The van der Waals surface area contributed by atoms with Crippen molar-refractivity contribution in [3.8, 4) is 0 Å². The fraction of sp³-hybridized carbons (Fsp3) is 0.300. The second-order valence-electron chi connectivity index (χ2n) is 3.49. The molecule has 0 aliphatic rings. The van der Waals surface area contributed by atoms with E-state index in [1.54, 1.807) is 18.2 Å². The first kappa shape index (κ1) is 11.8.